The Labute approximate surface area is 75.9 Å². The van der Waals surface area contributed by atoms with Crippen LogP contribution in [0.15, 0.2) is 23.1 Å². The lowest BCUT2D eigenvalue weighted by Crippen LogP contribution is -1.85. The molecule has 1 heterocycles. The molecule has 1 aromatic rings. The van der Waals surface area contributed by atoms with Gasteiger partial charge in [0.25, 0.3) is 0 Å². The molecule has 2 N–H and O–H groups in total. The third-order valence-electron chi connectivity index (χ3n) is 1.53. The van der Waals surface area contributed by atoms with Crippen LogP contribution in [0.5, 0.6) is 11.5 Å². The number of fused-ring (bicyclic) bond motifs is 1. The molecule has 0 saturated carbocycles. The van der Waals surface area contributed by atoms with E-state index in [2.05, 4.69) is 0 Å². The number of hydrogen-bond donors (Lipinski definition) is 1. The van der Waals surface area contributed by atoms with Gasteiger partial charge in [-0.2, -0.15) is 0 Å². The number of benzene rings is 1. The molecule has 1 aliphatic heterocycles. The van der Waals surface area contributed by atoms with Crippen molar-refractivity contribution < 1.29 is 9.26 Å². The number of ether oxygens (including phenoxy) is 1. The molecule has 12 heavy (non-hydrogen) atoms. The van der Waals surface area contributed by atoms with Gasteiger partial charge in [0.05, 0.1) is 12.0 Å². The smallest absolute Gasteiger partial charge is 0.227 e. The maximum absolute atomic E-state index is 5.64. The van der Waals surface area contributed by atoms with E-state index < -0.39 is 7.50 Å². The summed E-state index contributed by atoms with van der Waals surface area (Å²) in [5.74, 6) is 1.71. The third kappa shape index (κ3) is 1.38. The molecule has 5 heteroatoms. The van der Waals surface area contributed by atoms with Gasteiger partial charge in [0, 0.05) is 0 Å². The van der Waals surface area contributed by atoms with E-state index in [1.54, 1.807) is 18.5 Å². The molecule has 0 aromatic heterocycles. The summed E-state index contributed by atoms with van der Waals surface area (Å²) >= 11 is 1.56. The summed E-state index contributed by atoms with van der Waals surface area (Å²) in [5, 5.41) is 0. The third-order valence-corrected chi connectivity index (χ3v) is 3.95. The Bertz CT molecular complexity index is 307. The molecule has 0 fully saturated rings. The van der Waals surface area contributed by atoms with Gasteiger partial charge < -0.3 is 9.26 Å². The van der Waals surface area contributed by atoms with Crippen molar-refractivity contribution >= 4 is 18.9 Å². The van der Waals surface area contributed by atoms with Gasteiger partial charge in [0.1, 0.15) is 11.5 Å². The van der Waals surface area contributed by atoms with Gasteiger partial charge in [-0.15, -0.1) is 0 Å². The largest absolute Gasteiger partial charge is 0.497 e. The van der Waals surface area contributed by atoms with E-state index in [0.29, 0.717) is 0 Å². The summed E-state index contributed by atoms with van der Waals surface area (Å²) in [6.45, 7) is 0. The van der Waals surface area contributed by atoms with Crippen LogP contribution in [0.4, 0.5) is 0 Å². The van der Waals surface area contributed by atoms with Crippen molar-refractivity contribution in [1.29, 1.82) is 0 Å². The normalized spacial score (nSPS) is 20.0. The van der Waals surface area contributed by atoms with Crippen LogP contribution in [0.1, 0.15) is 0 Å². The fraction of sp³-hybridized carbons (Fsp3) is 0.143. The van der Waals surface area contributed by atoms with Crippen LogP contribution >= 0.6 is 18.9 Å². The molecular formula is C7H8NO2PS. The Kier molecular flexibility index (Phi) is 2.13. The van der Waals surface area contributed by atoms with E-state index in [1.165, 1.54) is 0 Å². The van der Waals surface area contributed by atoms with E-state index in [9.17, 15) is 0 Å². The summed E-state index contributed by atoms with van der Waals surface area (Å²) in [7, 11) is 0.798. The molecule has 2 rings (SSSR count). The topological polar surface area (TPSA) is 44.5 Å². The van der Waals surface area contributed by atoms with Crippen LogP contribution in [0.25, 0.3) is 0 Å². The minimum absolute atomic E-state index is 0.843. The van der Waals surface area contributed by atoms with E-state index in [4.69, 9.17) is 14.8 Å². The monoisotopic (exact) mass is 201 g/mol. The van der Waals surface area contributed by atoms with Crippen LogP contribution in [0.3, 0.4) is 0 Å². The predicted molar refractivity (Wildman–Crippen MR) is 50.6 cm³/mol. The zero-order valence-corrected chi connectivity index (χ0v) is 8.19. The molecule has 0 radical (unpaired) electrons. The van der Waals surface area contributed by atoms with Crippen molar-refractivity contribution in [3.63, 3.8) is 0 Å². The second-order valence-electron chi connectivity index (χ2n) is 2.28. The first-order valence-electron chi connectivity index (χ1n) is 3.38. The number of rotatable bonds is 1. The molecule has 0 bridgehead atoms. The fourth-order valence-electron chi connectivity index (χ4n) is 0.975. The molecule has 0 spiro atoms. The molecule has 1 aliphatic rings. The van der Waals surface area contributed by atoms with Crippen LogP contribution in [-0.4, -0.2) is 7.11 Å². The highest BCUT2D eigenvalue weighted by Gasteiger charge is 2.21. The van der Waals surface area contributed by atoms with Crippen LogP contribution in [0.2, 0.25) is 0 Å². The Morgan fingerprint density at radius 2 is 2.42 bits per heavy atom. The molecule has 1 unspecified atom stereocenters. The summed E-state index contributed by atoms with van der Waals surface area (Å²) in [6, 6.07) is 5.69. The average molecular weight is 201 g/mol. The van der Waals surface area contributed by atoms with Crippen molar-refractivity contribution in [1.82, 2.24) is 0 Å². The van der Waals surface area contributed by atoms with Gasteiger partial charge in [-0.25, -0.2) is 0 Å². The zero-order chi connectivity index (χ0) is 8.55. The standard InChI is InChI=1S/C7H8NO2PS/c1-9-5-2-3-6-7(4-5)12-11(8)10-6/h2-4H,8H2,1H3. The second-order valence-corrected chi connectivity index (χ2v) is 5.28. The predicted octanol–water partition coefficient (Wildman–Crippen LogP) is 2.37. The summed E-state index contributed by atoms with van der Waals surface area (Å²) < 4.78 is 10.4. The van der Waals surface area contributed by atoms with E-state index in [0.717, 1.165) is 16.4 Å². The lowest BCUT2D eigenvalue weighted by Gasteiger charge is -2.00. The lowest BCUT2D eigenvalue weighted by molar-refractivity contribution is 0.413. The Hall–Kier alpha value is -0.440. The number of hydrogen-bond acceptors (Lipinski definition) is 4. The molecule has 1 atom stereocenters. The highest BCUT2D eigenvalue weighted by Crippen LogP contribution is 2.59. The van der Waals surface area contributed by atoms with E-state index in [1.807, 2.05) is 18.2 Å². The van der Waals surface area contributed by atoms with Crippen LogP contribution in [0, 0.1) is 0 Å². The first-order chi connectivity index (χ1) is 5.79. The van der Waals surface area contributed by atoms with Crippen molar-refractivity contribution in [3.8, 4) is 11.5 Å². The Balaban J connectivity index is 2.35. The van der Waals surface area contributed by atoms with Crippen molar-refractivity contribution in [3.05, 3.63) is 18.2 Å². The highest BCUT2D eigenvalue weighted by atomic mass is 32.7. The molecule has 0 saturated heterocycles. The molecule has 64 valence electrons. The maximum atomic E-state index is 5.64. The van der Waals surface area contributed by atoms with Crippen LogP contribution in [-0.2, 0) is 0 Å². The lowest BCUT2D eigenvalue weighted by atomic mass is 10.3. The SMILES string of the molecule is COc1ccc2c(c1)SP(N)O2. The fourth-order valence-corrected chi connectivity index (χ4v) is 3.35. The Morgan fingerprint density at radius 3 is 3.17 bits per heavy atom. The van der Waals surface area contributed by atoms with Crippen LogP contribution < -0.4 is 14.8 Å². The van der Waals surface area contributed by atoms with E-state index in [-0.39, 0.29) is 0 Å². The number of methoxy groups -OCH3 is 1. The number of nitrogens with two attached hydrogens (primary N) is 1. The minimum atomic E-state index is -0.848. The average Bonchev–Trinajstić information content (AvgIpc) is 2.43. The zero-order valence-electron chi connectivity index (χ0n) is 6.48. The van der Waals surface area contributed by atoms with Gasteiger partial charge in [-0.1, -0.05) is 0 Å². The van der Waals surface area contributed by atoms with Crippen molar-refractivity contribution in [2.75, 3.05) is 7.11 Å². The molecule has 0 aliphatic carbocycles. The van der Waals surface area contributed by atoms with Crippen molar-refractivity contribution in [2.45, 2.75) is 4.90 Å². The summed E-state index contributed by atoms with van der Waals surface area (Å²) in [4.78, 5) is 1.07. The molecule has 3 nitrogen and oxygen atoms in total. The molecule has 1 aromatic carbocycles. The molecular weight excluding hydrogens is 193 g/mol. The molecule has 0 amide bonds. The van der Waals surface area contributed by atoms with Gasteiger partial charge in [-0.3, -0.25) is 5.50 Å². The summed E-state index contributed by atoms with van der Waals surface area (Å²) in [5.41, 5.74) is 5.64. The van der Waals surface area contributed by atoms with Crippen molar-refractivity contribution in [2.24, 2.45) is 5.50 Å². The van der Waals surface area contributed by atoms with Gasteiger partial charge >= 0.3 is 0 Å². The summed E-state index contributed by atoms with van der Waals surface area (Å²) in [6.07, 6.45) is 0. The Morgan fingerprint density at radius 1 is 1.58 bits per heavy atom. The highest BCUT2D eigenvalue weighted by molar-refractivity contribution is 8.54. The first kappa shape index (κ1) is 8.17. The quantitative estimate of drug-likeness (QED) is 0.708. The van der Waals surface area contributed by atoms with Gasteiger partial charge in [-0.05, 0) is 29.6 Å². The second kappa shape index (κ2) is 3.13. The van der Waals surface area contributed by atoms with E-state index >= 15 is 0 Å². The maximum Gasteiger partial charge on any atom is 0.227 e. The first-order valence-corrected chi connectivity index (χ1v) is 6.13. The van der Waals surface area contributed by atoms with Gasteiger partial charge in [0.15, 0.2) is 0 Å². The van der Waals surface area contributed by atoms with Gasteiger partial charge in [0.2, 0.25) is 7.50 Å². The minimum Gasteiger partial charge on any atom is -0.497 e.